The monoisotopic (exact) mass is 403 g/mol. The summed E-state index contributed by atoms with van der Waals surface area (Å²) in [6, 6.07) is 8.73. The maximum absolute atomic E-state index is 9.50. The molecule has 5 heteroatoms. The number of aliphatic imine (C=N–C) groups is 1. The van der Waals surface area contributed by atoms with Gasteiger partial charge in [0.15, 0.2) is 5.96 Å². The van der Waals surface area contributed by atoms with Crippen LogP contribution in [-0.4, -0.2) is 50.5 Å². The molecule has 0 saturated carbocycles. The Hall–Kier alpha value is -1.59. The van der Waals surface area contributed by atoms with Gasteiger partial charge in [-0.1, -0.05) is 38.1 Å². The fourth-order valence-electron chi connectivity index (χ4n) is 4.46. The molecule has 164 valence electrons. The third-order valence-corrected chi connectivity index (χ3v) is 6.82. The summed E-state index contributed by atoms with van der Waals surface area (Å²) in [6.07, 6.45) is 4.88. The van der Waals surface area contributed by atoms with E-state index in [-0.39, 0.29) is 17.4 Å². The Labute approximate surface area is 177 Å². The predicted molar refractivity (Wildman–Crippen MR) is 122 cm³/mol. The molecule has 0 atom stereocenters. The molecular formula is C24H41N3O2. The number of guanidine groups is 1. The highest BCUT2D eigenvalue weighted by Gasteiger charge is 2.35. The lowest BCUT2D eigenvalue weighted by atomic mass is 9.72. The van der Waals surface area contributed by atoms with Crippen LogP contribution in [0.15, 0.2) is 29.3 Å². The second kappa shape index (κ2) is 11.6. The Morgan fingerprint density at radius 1 is 1.14 bits per heavy atom. The van der Waals surface area contributed by atoms with Gasteiger partial charge in [0.2, 0.25) is 0 Å². The van der Waals surface area contributed by atoms with Gasteiger partial charge in [0, 0.05) is 44.9 Å². The summed E-state index contributed by atoms with van der Waals surface area (Å²) in [5.41, 5.74) is 2.90. The van der Waals surface area contributed by atoms with Gasteiger partial charge in [0.25, 0.3) is 0 Å². The maximum atomic E-state index is 9.50. The first-order valence-corrected chi connectivity index (χ1v) is 11.3. The van der Waals surface area contributed by atoms with Gasteiger partial charge in [0.1, 0.15) is 0 Å². The van der Waals surface area contributed by atoms with E-state index in [9.17, 15) is 5.11 Å². The molecule has 1 fully saturated rings. The first kappa shape index (κ1) is 23.7. The first-order valence-electron chi connectivity index (χ1n) is 11.3. The lowest BCUT2D eigenvalue weighted by Gasteiger charge is -2.39. The fourth-order valence-corrected chi connectivity index (χ4v) is 4.46. The summed E-state index contributed by atoms with van der Waals surface area (Å²) in [7, 11) is 0. The third kappa shape index (κ3) is 6.19. The molecule has 0 aliphatic carbocycles. The average Bonchev–Trinajstić information content (AvgIpc) is 2.75. The standard InChI is InChI=1S/C24H41N3O2/c1-5-23(6-2,12-15-28)18-26-22(25-7-3)27-19-24(13-16-29-17-14-24)21-11-9-8-10-20(21)4/h8-11,28H,5-7,12-19H2,1-4H3,(H2,25,26,27). The van der Waals surface area contributed by atoms with Crippen molar-refractivity contribution in [3.05, 3.63) is 35.4 Å². The van der Waals surface area contributed by atoms with E-state index in [0.29, 0.717) is 0 Å². The van der Waals surface area contributed by atoms with Gasteiger partial charge in [0.05, 0.1) is 0 Å². The van der Waals surface area contributed by atoms with Crippen LogP contribution in [0.3, 0.4) is 0 Å². The summed E-state index contributed by atoms with van der Waals surface area (Å²) in [5.74, 6) is 0.871. The molecule has 1 saturated heterocycles. The van der Waals surface area contributed by atoms with Crippen molar-refractivity contribution in [1.82, 2.24) is 10.6 Å². The molecule has 1 aromatic carbocycles. The molecule has 3 N–H and O–H groups in total. The lowest BCUT2D eigenvalue weighted by molar-refractivity contribution is 0.0511. The topological polar surface area (TPSA) is 65.9 Å². The number of rotatable bonds is 10. The normalized spacial score (nSPS) is 17.2. The van der Waals surface area contributed by atoms with Crippen molar-refractivity contribution in [2.24, 2.45) is 10.4 Å². The van der Waals surface area contributed by atoms with Crippen LogP contribution in [0.2, 0.25) is 0 Å². The average molecular weight is 404 g/mol. The highest BCUT2D eigenvalue weighted by molar-refractivity contribution is 5.80. The van der Waals surface area contributed by atoms with Crippen LogP contribution in [-0.2, 0) is 10.2 Å². The number of nitrogens with one attached hydrogen (secondary N) is 2. The largest absolute Gasteiger partial charge is 0.396 e. The molecule has 1 heterocycles. The van der Waals surface area contributed by atoms with E-state index in [2.05, 4.69) is 62.6 Å². The van der Waals surface area contributed by atoms with Gasteiger partial charge in [-0.15, -0.1) is 0 Å². The molecule has 1 aliphatic rings. The Morgan fingerprint density at radius 2 is 1.83 bits per heavy atom. The second-order valence-corrected chi connectivity index (χ2v) is 8.44. The number of benzene rings is 1. The summed E-state index contributed by atoms with van der Waals surface area (Å²) in [6.45, 7) is 12.9. The quantitative estimate of drug-likeness (QED) is 0.411. The smallest absolute Gasteiger partial charge is 0.191 e. The van der Waals surface area contributed by atoms with Crippen molar-refractivity contribution in [2.75, 3.05) is 39.5 Å². The maximum Gasteiger partial charge on any atom is 0.191 e. The third-order valence-electron chi connectivity index (χ3n) is 6.82. The summed E-state index contributed by atoms with van der Waals surface area (Å²) in [5, 5.41) is 16.6. The molecule has 0 aromatic heterocycles. The van der Waals surface area contributed by atoms with Gasteiger partial charge in [-0.05, 0) is 62.5 Å². The van der Waals surface area contributed by atoms with Crippen molar-refractivity contribution in [2.45, 2.75) is 65.2 Å². The number of ether oxygens (including phenoxy) is 1. The van der Waals surface area contributed by atoms with E-state index in [1.807, 2.05) is 0 Å². The highest BCUT2D eigenvalue weighted by Crippen LogP contribution is 2.36. The number of hydrogen-bond acceptors (Lipinski definition) is 3. The van der Waals surface area contributed by atoms with Crippen LogP contribution < -0.4 is 10.6 Å². The Morgan fingerprint density at radius 3 is 2.41 bits per heavy atom. The zero-order chi connectivity index (χ0) is 21.2. The minimum atomic E-state index is 0.0669. The van der Waals surface area contributed by atoms with Gasteiger partial charge in [-0.2, -0.15) is 0 Å². The molecule has 1 aromatic rings. The Balaban J connectivity index is 2.19. The number of aliphatic hydroxyl groups excluding tert-OH is 1. The van der Waals surface area contributed by atoms with Crippen LogP contribution >= 0.6 is 0 Å². The van der Waals surface area contributed by atoms with E-state index < -0.39 is 0 Å². The number of aliphatic hydroxyl groups is 1. The van der Waals surface area contributed by atoms with Crippen LogP contribution in [0.5, 0.6) is 0 Å². The molecule has 5 nitrogen and oxygen atoms in total. The summed E-state index contributed by atoms with van der Waals surface area (Å²) < 4.78 is 5.69. The molecule has 0 bridgehead atoms. The van der Waals surface area contributed by atoms with Crippen molar-refractivity contribution in [3.63, 3.8) is 0 Å². The van der Waals surface area contributed by atoms with Gasteiger partial charge in [-0.25, -0.2) is 0 Å². The van der Waals surface area contributed by atoms with Crippen molar-refractivity contribution in [3.8, 4) is 0 Å². The zero-order valence-electron chi connectivity index (χ0n) is 18.9. The highest BCUT2D eigenvalue weighted by atomic mass is 16.5. The fraction of sp³-hybridized carbons (Fsp3) is 0.708. The van der Waals surface area contributed by atoms with Crippen molar-refractivity contribution >= 4 is 5.96 Å². The second-order valence-electron chi connectivity index (χ2n) is 8.44. The van der Waals surface area contributed by atoms with Crippen molar-refractivity contribution in [1.29, 1.82) is 0 Å². The van der Waals surface area contributed by atoms with Crippen LogP contribution in [0.25, 0.3) is 0 Å². The Bertz CT molecular complexity index is 635. The molecule has 0 amide bonds. The minimum absolute atomic E-state index is 0.0669. The molecule has 0 unspecified atom stereocenters. The number of hydrogen-bond donors (Lipinski definition) is 3. The van der Waals surface area contributed by atoms with E-state index in [0.717, 1.165) is 70.9 Å². The summed E-state index contributed by atoms with van der Waals surface area (Å²) in [4.78, 5) is 4.93. The first-order chi connectivity index (χ1) is 14.0. The minimum Gasteiger partial charge on any atom is -0.396 e. The van der Waals surface area contributed by atoms with Crippen LogP contribution in [0.1, 0.15) is 64.0 Å². The van der Waals surface area contributed by atoms with E-state index in [1.165, 1.54) is 11.1 Å². The molecule has 29 heavy (non-hydrogen) atoms. The lowest BCUT2D eigenvalue weighted by Crippen LogP contribution is -2.48. The predicted octanol–water partition coefficient (Wildman–Crippen LogP) is 3.79. The SMILES string of the molecule is CCNC(=NCC(CC)(CC)CCO)NCC1(c2ccccc2C)CCOCC1. The van der Waals surface area contributed by atoms with Gasteiger partial charge in [-0.3, -0.25) is 4.99 Å². The molecule has 2 rings (SSSR count). The van der Waals surface area contributed by atoms with E-state index in [1.54, 1.807) is 0 Å². The van der Waals surface area contributed by atoms with Crippen molar-refractivity contribution < 1.29 is 9.84 Å². The summed E-state index contributed by atoms with van der Waals surface area (Å²) >= 11 is 0. The Kier molecular flexibility index (Phi) is 9.44. The number of nitrogens with zero attached hydrogens (tertiary/aromatic N) is 1. The molecule has 0 spiro atoms. The molecule has 1 aliphatic heterocycles. The van der Waals surface area contributed by atoms with Gasteiger partial charge >= 0.3 is 0 Å². The molecule has 0 radical (unpaired) electrons. The molecular weight excluding hydrogens is 362 g/mol. The van der Waals surface area contributed by atoms with E-state index in [4.69, 9.17) is 9.73 Å². The van der Waals surface area contributed by atoms with Crippen LogP contribution in [0.4, 0.5) is 0 Å². The zero-order valence-corrected chi connectivity index (χ0v) is 18.9. The van der Waals surface area contributed by atoms with Crippen LogP contribution in [0, 0.1) is 12.3 Å². The van der Waals surface area contributed by atoms with E-state index >= 15 is 0 Å². The van der Waals surface area contributed by atoms with Gasteiger partial charge < -0.3 is 20.5 Å². The number of aryl methyl sites for hydroxylation is 1.